The average molecular weight is 228 g/mol. The van der Waals surface area contributed by atoms with Gasteiger partial charge in [0.2, 0.25) is 6.29 Å². The van der Waals surface area contributed by atoms with Crippen LogP contribution < -0.4 is 0 Å². The Labute approximate surface area is 92.1 Å². The zero-order valence-electron chi connectivity index (χ0n) is 8.11. The van der Waals surface area contributed by atoms with Gasteiger partial charge >= 0.3 is 0 Å². The van der Waals surface area contributed by atoms with Crippen molar-refractivity contribution in [2.24, 2.45) is 5.16 Å². The van der Waals surface area contributed by atoms with Crippen molar-refractivity contribution in [3.63, 3.8) is 0 Å². The lowest BCUT2D eigenvalue weighted by molar-refractivity contribution is -0.103. The molecule has 0 radical (unpaired) electrons. The van der Waals surface area contributed by atoms with E-state index < -0.39 is 0 Å². The van der Waals surface area contributed by atoms with Gasteiger partial charge in [-0.15, -0.1) is 0 Å². The molecule has 1 N–H and O–H groups in total. The van der Waals surface area contributed by atoms with E-state index in [1.165, 1.54) is 6.07 Å². The molecule has 1 unspecified atom stereocenters. The highest BCUT2D eigenvalue weighted by Gasteiger charge is 2.23. The number of oxime groups is 1. The second kappa shape index (κ2) is 4.08. The molecule has 1 aliphatic heterocycles. The molecule has 0 saturated heterocycles. The Morgan fingerprint density at radius 1 is 1.60 bits per heavy atom. The Bertz CT molecular complexity index is 406. The minimum atomic E-state index is -0.376. The van der Waals surface area contributed by atoms with E-state index in [2.05, 4.69) is 5.16 Å². The van der Waals surface area contributed by atoms with E-state index in [0.29, 0.717) is 22.7 Å². The van der Waals surface area contributed by atoms with Crippen LogP contribution in [-0.2, 0) is 9.57 Å². The minimum absolute atomic E-state index is 0.138. The van der Waals surface area contributed by atoms with Gasteiger partial charge in [0.15, 0.2) is 0 Å². The van der Waals surface area contributed by atoms with Crippen molar-refractivity contribution >= 4 is 17.3 Å². The first-order valence-electron chi connectivity index (χ1n) is 4.45. The Balaban J connectivity index is 2.27. The van der Waals surface area contributed by atoms with Gasteiger partial charge in [0.25, 0.3) is 0 Å². The third kappa shape index (κ3) is 2.06. The van der Waals surface area contributed by atoms with Crippen LogP contribution in [0.1, 0.15) is 12.0 Å². The van der Waals surface area contributed by atoms with Crippen molar-refractivity contribution in [1.29, 1.82) is 0 Å². The number of rotatable bonds is 2. The molecule has 2 rings (SSSR count). The monoisotopic (exact) mass is 227 g/mol. The van der Waals surface area contributed by atoms with Crippen LogP contribution in [0.4, 0.5) is 0 Å². The third-order valence-electron chi connectivity index (χ3n) is 2.17. The number of hydrogen-bond donors (Lipinski definition) is 1. The molecule has 1 aromatic rings. The Morgan fingerprint density at radius 2 is 2.40 bits per heavy atom. The van der Waals surface area contributed by atoms with E-state index in [1.807, 2.05) is 0 Å². The molecule has 0 spiro atoms. The van der Waals surface area contributed by atoms with Crippen molar-refractivity contribution in [2.45, 2.75) is 12.7 Å². The van der Waals surface area contributed by atoms with Gasteiger partial charge in [-0.3, -0.25) is 0 Å². The Kier molecular flexibility index (Phi) is 2.79. The summed E-state index contributed by atoms with van der Waals surface area (Å²) >= 11 is 5.83. The van der Waals surface area contributed by atoms with Crippen LogP contribution in [0.5, 0.6) is 5.75 Å². The molecule has 0 amide bonds. The topological polar surface area (TPSA) is 51.0 Å². The van der Waals surface area contributed by atoms with E-state index in [4.69, 9.17) is 21.2 Å². The molecule has 1 aliphatic rings. The lowest BCUT2D eigenvalue weighted by Gasteiger charge is -2.04. The number of halogens is 1. The summed E-state index contributed by atoms with van der Waals surface area (Å²) in [5.74, 6) is 0.138. The summed E-state index contributed by atoms with van der Waals surface area (Å²) in [7, 11) is 1.54. The summed E-state index contributed by atoms with van der Waals surface area (Å²) in [6.07, 6.45) is 0.128. The molecule has 1 atom stereocenters. The number of ether oxygens (including phenoxy) is 1. The van der Waals surface area contributed by atoms with E-state index in [-0.39, 0.29) is 12.0 Å². The lowest BCUT2D eigenvalue weighted by Crippen LogP contribution is -2.10. The zero-order valence-corrected chi connectivity index (χ0v) is 8.86. The number of benzene rings is 1. The van der Waals surface area contributed by atoms with Crippen LogP contribution in [0.2, 0.25) is 5.02 Å². The largest absolute Gasteiger partial charge is 0.507 e. The Morgan fingerprint density at radius 3 is 3.07 bits per heavy atom. The quantitative estimate of drug-likeness (QED) is 0.842. The van der Waals surface area contributed by atoms with E-state index in [9.17, 15) is 5.11 Å². The summed E-state index contributed by atoms with van der Waals surface area (Å²) in [4.78, 5) is 4.98. The van der Waals surface area contributed by atoms with Gasteiger partial charge < -0.3 is 14.7 Å². The number of aromatic hydroxyl groups is 1. The van der Waals surface area contributed by atoms with Crippen LogP contribution in [0.25, 0.3) is 0 Å². The first-order chi connectivity index (χ1) is 7.20. The van der Waals surface area contributed by atoms with E-state index in [1.54, 1.807) is 19.2 Å². The van der Waals surface area contributed by atoms with Crippen molar-refractivity contribution in [2.75, 3.05) is 7.11 Å². The third-order valence-corrected chi connectivity index (χ3v) is 2.41. The molecule has 15 heavy (non-hydrogen) atoms. The van der Waals surface area contributed by atoms with E-state index >= 15 is 0 Å². The van der Waals surface area contributed by atoms with Gasteiger partial charge in [-0.25, -0.2) is 0 Å². The number of nitrogens with zero attached hydrogens (tertiary/aromatic N) is 1. The number of hydrogen-bond acceptors (Lipinski definition) is 4. The summed E-state index contributed by atoms with van der Waals surface area (Å²) in [5, 5.41) is 14.0. The van der Waals surface area contributed by atoms with Gasteiger partial charge in [-0.2, -0.15) is 0 Å². The summed E-state index contributed by atoms with van der Waals surface area (Å²) in [5.41, 5.74) is 1.23. The average Bonchev–Trinajstić information content (AvgIpc) is 2.70. The molecule has 4 nitrogen and oxygen atoms in total. The predicted molar refractivity (Wildman–Crippen MR) is 56.2 cm³/mol. The fourth-order valence-electron chi connectivity index (χ4n) is 1.38. The van der Waals surface area contributed by atoms with Gasteiger partial charge in [-0.1, -0.05) is 16.8 Å². The first-order valence-corrected chi connectivity index (χ1v) is 4.83. The molecule has 80 valence electrons. The molecule has 0 bridgehead atoms. The maximum absolute atomic E-state index is 9.62. The van der Waals surface area contributed by atoms with Crippen molar-refractivity contribution in [3.8, 4) is 5.75 Å². The fraction of sp³-hybridized carbons (Fsp3) is 0.300. The van der Waals surface area contributed by atoms with Crippen LogP contribution in [-0.4, -0.2) is 24.2 Å². The Hall–Kier alpha value is -1.26. The van der Waals surface area contributed by atoms with Crippen LogP contribution in [0, 0.1) is 0 Å². The lowest BCUT2D eigenvalue weighted by atomic mass is 10.1. The second-order valence-electron chi connectivity index (χ2n) is 3.17. The molecular formula is C10H10ClNO3. The van der Waals surface area contributed by atoms with Crippen LogP contribution in [0.3, 0.4) is 0 Å². The summed E-state index contributed by atoms with van der Waals surface area (Å²) in [6, 6.07) is 4.79. The molecule has 1 aromatic carbocycles. The normalized spacial score (nSPS) is 19.9. The molecular weight excluding hydrogens is 218 g/mol. The maximum Gasteiger partial charge on any atom is 0.232 e. The predicted octanol–water partition coefficient (Wildman–Crippen LogP) is 2.14. The van der Waals surface area contributed by atoms with E-state index in [0.717, 1.165) is 0 Å². The molecule has 5 heteroatoms. The van der Waals surface area contributed by atoms with Gasteiger partial charge in [0.05, 0.1) is 12.1 Å². The summed E-state index contributed by atoms with van der Waals surface area (Å²) < 4.78 is 4.98. The second-order valence-corrected chi connectivity index (χ2v) is 3.61. The highest BCUT2D eigenvalue weighted by atomic mass is 35.5. The molecule has 0 aliphatic carbocycles. The first kappa shape index (κ1) is 10.3. The number of methoxy groups -OCH3 is 1. The zero-order chi connectivity index (χ0) is 10.8. The SMILES string of the molecule is COC1CC(c2cc(Cl)ccc2O)=NO1. The van der Waals surface area contributed by atoms with Crippen LogP contribution >= 0.6 is 11.6 Å². The standard InChI is InChI=1S/C10H10ClNO3/c1-14-10-5-8(12-15-10)7-4-6(11)2-3-9(7)13/h2-4,10,13H,5H2,1H3. The highest BCUT2D eigenvalue weighted by molar-refractivity contribution is 6.31. The van der Waals surface area contributed by atoms with Gasteiger partial charge in [-0.05, 0) is 18.2 Å². The molecule has 0 saturated carbocycles. The molecule has 1 heterocycles. The van der Waals surface area contributed by atoms with Crippen LogP contribution in [0.15, 0.2) is 23.4 Å². The molecule has 0 fully saturated rings. The van der Waals surface area contributed by atoms with Crippen molar-refractivity contribution in [3.05, 3.63) is 28.8 Å². The highest BCUT2D eigenvalue weighted by Crippen LogP contribution is 2.26. The van der Waals surface area contributed by atoms with Gasteiger partial charge in [0.1, 0.15) is 5.75 Å². The number of phenols is 1. The minimum Gasteiger partial charge on any atom is -0.507 e. The van der Waals surface area contributed by atoms with Gasteiger partial charge in [0, 0.05) is 17.7 Å². The molecule has 0 aromatic heterocycles. The summed E-state index contributed by atoms with van der Waals surface area (Å²) in [6.45, 7) is 0. The van der Waals surface area contributed by atoms with Crippen molar-refractivity contribution < 1.29 is 14.7 Å². The maximum atomic E-state index is 9.62. The smallest absolute Gasteiger partial charge is 0.232 e. The van der Waals surface area contributed by atoms with Crippen molar-refractivity contribution in [1.82, 2.24) is 0 Å². The number of phenolic OH excluding ortho intramolecular Hbond substituents is 1. The fourth-order valence-corrected chi connectivity index (χ4v) is 1.55.